The van der Waals surface area contributed by atoms with E-state index in [2.05, 4.69) is 13.0 Å². The van der Waals surface area contributed by atoms with Gasteiger partial charge in [-0.25, -0.2) is 9.59 Å². The van der Waals surface area contributed by atoms with Crippen molar-refractivity contribution >= 4 is 11.9 Å². The summed E-state index contributed by atoms with van der Waals surface area (Å²) in [5.41, 5.74) is 5.97. The van der Waals surface area contributed by atoms with Crippen molar-refractivity contribution in [1.29, 1.82) is 0 Å². The Morgan fingerprint density at radius 2 is 1.18 bits per heavy atom. The number of benzene rings is 4. The molecule has 0 aliphatic heterocycles. The van der Waals surface area contributed by atoms with Crippen LogP contribution < -0.4 is 0 Å². The fourth-order valence-corrected chi connectivity index (χ4v) is 4.29. The molecule has 0 saturated heterocycles. The van der Waals surface area contributed by atoms with Gasteiger partial charge in [0.1, 0.15) is 0 Å². The number of hydrogen-bond donors (Lipinski definition) is 2. The Morgan fingerprint density at radius 1 is 0.636 bits per heavy atom. The lowest BCUT2D eigenvalue weighted by Crippen LogP contribution is -2.05. The van der Waals surface area contributed by atoms with Gasteiger partial charge in [-0.15, -0.1) is 0 Å². The number of carboxylic acids is 2. The van der Waals surface area contributed by atoms with Crippen LogP contribution in [0.25, 0.3) is 33.4 Å². The molecule has 4 nitrogen and oxygen atoms in total. The van der Waals surface area contributed by atoms with Gasteiger partial charge in [-0.1, -0.05) is 86.1 Å². The van der Waals surface area contributed by atoms with Crippen LogP contribution in [0.1, 0.15) is 39.6 Å². The maximum atomic E-state index is 12.1. The van der Waals surface area contributed by atoms with E-state index < -0.39 is 11.9 Å². The van der Waals surface area contributed by atoms with Crippen LogP contribution in [0.5, 0.6) is 0 Å². The average Bonchev–Trinajstić information content (AvgIpc) is 2.84. The third-order valence-corrected chi connectivity index (χ3v) is 5.72. The summed E-state index contributed by atoms with van der Waals surface area (Å²) in [4.78, 5) is 24.2. The van der Waals surface area contributed by atoms with E-state index in [-0.39, 0.29) is 11.1 Å². The van der Waals surface area contributed by atoms with Crippen LogP contribution in [0.4, 0.5) is 0 Å². The third kappa shape index (κ3) is 4.41. The van der Waals surface area contributed by atoms with Gasteiger partial charge in [-0.2, -0.15) is 0 Å². The molecule has 4 heteroatoms. The van der Waals surface area contributed by atoms with Crippen LogP contribution >= 0.6 is 0 Å². The van der Waals surface area contributed by atoms with Crippen molar-refractivity contribution in [3.8, 4) is 33.4 Å². The zero-order valence-corrected chi connectivity index (χ0v) is 18.3. The first-order valence-electron chi connectivity index (χ1n) is 10.9. The zero-order chi connectivity index (χ0) is 23.4. The van der Waals surface area contributed by atoms with E-state index in [9.17, 15) is 19.8 Å². The molecule has 0 aliphatic rings. The summed E-state index contributed by atoms with van der Waals surface area (Å²) in [6, 6.07) is 27.8. The summed E-state index contributed by atoms with van der Waals surface area (Å²) in [6.07, 6.45) is 1.59. The van der Waals surface area contributed by atoms with Crippen LogP contribution in [-0.2, 0) is 6.42 Å². The Hall–Kier alpha value is -4.18. The average molecular weight is 437 g/mol. The number of hydrogen-bond acceptors (Lipinski definition) is 2. The highest BCUT2D eigenvalue weighted by atomic mass is 16.4. The molecular formula is C29H24O4. The second kappa shape index (κ2) is 9.53. The highest BCUT2D eigenvalue weighted by molar-refractivity contribution is 6.04. The van der Waals surface area contributed by atoms with Gasteiger partial charge in [0.25, 0.3) is 0 Å². The number of aryl methyl sites for hydroxylation is 1. The Kier molecular flexibility index (Phi) is 6.36. The summed E-state index contributed by atoms with van der Waals surface area (Å²) in [6.45, 7) is 2.08. The first kappa shape index (κ1) is 22.0. The number of rotatable bonds is 7. The lowest BCUT2D eigenvalue weighted by molar-refractivity contribution is 0.0686. The first-order valence-corrected chi connectivity index (χ1v) is 10.9. The molecular weight excluding hydrogens is 412 g/mol. The van der Waals surface area contributed by atoms with Crippen LogP contribution in [0, 0.1) is 0 Å². The molecule has 0 heterocycles. The van der Waals surface area contributed by atoms with Crippen LogP contribution in [0.3, 0.4) is 0 Å². The van der Waals surface area contributed by atoms with Crippen molar-refractivity contribution in [1.82, 2.24) is 0 Å². The summed E-state index contributed by atoms with van der Waals surface area (Å²) >= 11 is 0. The Bertz CT molecular complexity index is 1320. The fraction of sp³-hybridized carbons (Fsp3) is 0.103. The Labute approximate surface area is 192 Å². The second-order valence-electron chi connectivity index (χ2n) is 7.88. The van der Waals surface area contributed by atoms with Gasteiger partial charge < -0.3 is 10.2 Å². The summed E-state index contributed by atoms with van der Waals surface area (Å²) in [5.74, 6) is -2.04. The van der Waals surface area contributed by atoms with Gasteiger partial charge in [0.05, 0.1) is 11.1 Å². The second-order valence-corrected chi connectivity index (χ2v) is 7.88. The van der Waals surface area contributed by atoms with Crippen molar-refractivity contribution in [2.24, 2.45) is 0 Å². The van der Waals surface area contributed by atoms with Gasteiger partial charge >= 0.3 is 11.9 Å². The maximum Gasteiger partial charge on any atom is 0.336 e. The lowest BCUT2D eigenvalue weighted by Gasteiger charge is -2.20. The fourth-order valence-electron chi connectivity index (χ4n) is 4.29. The standard InChI is InChI=1S/C29H24O4/c1-2-10-20-17-21(19-11-4-3-5-12-19)18-26(22-13-6-8-15-24(22)28(30)31)27(20)23-14-7-9-16-25(23)29(32)33/h3-9,11-18H,2,10H2,1H3,(H,30,31)(H,32,33). The molecule has 0 aliphatic carbocycles. The molecule has 4 rings (SSSR count). The van der Waals surface area contributed by atoms with Gasteiger partial charge in [-0.3, -0.25) is 0 Å². The maximum absolute atomic E-state index is 12.1. The van der Waals surface area contributed by atoms with Crippen molar-refractivity contribution in [3.05, 3.63) is 108 Å². The smallest absolute Gasteiger partial charge is 0.336 e. The minimum absolute atomic E-state index is 0.180. The molecule has 2 N–H and O–H groups in total. The minimum Gasteiger partial charge on any atom is -0.478 e. The quantitative estimate of drug-likeness (QED) is 0.326. The van der Waals surface area contributed by atoms with Crippen LogP contribution in [0.2, 0.25) is 0 Å². The third-order valence-electron chi connectivity index (χ3n) is 5.72. The predicted octanol–water partition coefficient (Wildman–Crippen LogP) is 7.04. The molecule has 4 aromatic carbocycles. The molecule has 0 bridgehead atoms. The Morgan fingerprint density at radius 3 is 1.79 bits per heavy atom. The Balaban J connectivity index is 2.14. The normalized spacial score (nSPS) is 10.7. The summed E-state index contributed by atoms with van der Waals surface area (Å²) in [5, 5.41) is 19.8. The topological polar surface area (TPSA) is 74.6 Å². The molecule has 0 saturated carbocycles. The molecule has 0 atom stereocenters. The predicted molar refractivity (Wildman–Crippen MR) is 131 cm³/mol. The van der Waals surface area contributed by atoms with E-state index in [1.807, 2.05) is 48.5 Å². The number of carboxylic acid groups (broad SMARTS) is 2. The number of aromatic carboxylic acids is 2. The van der Waals surface area contributed by atoms with Gasteiger partial charge in [0.15, 0.2) is 0 Å². The molecule has 0 fully saturated rings. The molecule has 0 unspecified atom stereocenters. The van der Waals surface area contributed by atoms with E-state index in [4.69, 9.17) is 0 Å². The van der Waals surface area contributed by atoms with Crippen molar-refractivity contribution < 1.29 is 19.8 Å². The van der Waals surface area contributed by atoms with Crippen LogP contribution in [-0.4, -0.2) is 22.2 Å². The molecule has 0 aromatic heterocycles. The first-order chi connectivity index (χ1) is 16.0. The van der Waals surface area contributed by atoms with Gasteiger partial charge in [-0.05, 0) is 63.6 Å². The highest BCUT2D eigenvalue weighted by Gasteiger charge is 2.22. The van der Waals surface area contributed by atoms with Crippen molar-refractivity contribution in [2.75, 3.05) is 0 Å². The highest BCUT2D eigenvalue weighted by Crippen LogP contribution is 2.41. The molecule has 164 valence electrons. The number of carbonyl (C=O) groups is 2. The summed E-state index contributed by atoms with van der Waals surface area (Å²) in [7, 11) is 0. The largest absolute Gasteiger partial charge is 0.478 e. The van der Waals surface area contributed by atoms with Gasteiger partial charge in [0, 0.05) is 0 Å². The zero-order valence-electron chi connectivity index (χ0n) is 18.3. The van der Waals surface area contributed by atoms with E-state index >= 15 is 0 Å². The molecule has 0 spiro atoms. The van der Waals surface area contributed by atoms with Crippen molar-refractivity contribution in [3.63, 3.8) is 0 Å². The van der Waals surface area contributed by atoms with E-state index in [1.165, 1.54) is 0 Å². The van der Waals surface area contributed by atoms with E-state index in [0.717, 1.165) is 35.1 Å². The van der Waals surface area contributed by atoms with Gasteiger partial charge in [0.2, 0.25) is 0 Å². The SMILES string of the molecule is CCCc1cc(-c2ccccc2)cc(-c2ccccc2C(=O)O)c1-c1ccccc1C(=O)O. The van der Waals surface area contributed by atoms with Crippen LogP contribution in [0.15, 0.2) is 91.0 Å². The molecule has 4 aromatic rings. The minimum atomic E-state index is -1.02. The lowest BCUT2D eigenvalue weighted by atomic mass is 9.83. The van der Waals surface area contributed by atoms with E-state index in [1.54, 1.807) is 36.4 Å². The molecule has 33 heavy (non-hydrogen) atoms. The van der Waals surface area contributed by atoms with Crippen molar-refractivity contribution in [2.45, 2.75) is 19.8 Å². The van der Waals surface area contributed by atoms with E-state index in [0.29, 0.717) is 16.7 Å². The summed E-state index contributed by atoms with van der Waals surface area (Å²) < 4.78 is 0. The molecule has 0 amide bonds. The monoisotopic (exact) mass is 436 g/mol. The molecule has 0 radical (unpaired) electrons.